The molecule has 6 heteroatoms. The summed E-state index contributed by atoms with van der Waals surface area (Å²) >= 11 is 0. The fourth-order valence-electron chi connectivity index (χ4n) is 3.15. The highest BCUT2D eigenvalue weighted by Crippen LogP contribution is 2.24. The SMILES string of the molecule is O=C(Nc1cccc(NC2CCCC2)c1)c1ccn2ncnc2c1. The molecule has 1 amide bonds. The highest BCUT2D eigenvalue weighted by atomic mass is 16.1. The third-order valence-corrected chi connectivity index (χ3v) is 4.39. The average molecular weight is 321 g/mol. The van der Waals surface area contributed by atoms with Gasteiger partial charge in [-0.25, -0.2) is 9.50 Å². The van der Waals surface area contributed by atoms with E-state index in [1.807, 2.05) is 24.3 Å². The number of hydrogen-bond donors (Lipinski definition) is 2. The van der Waals surface area contributed by atoms with E-state index in [2.05, 4.69) is 20.7 Å². The highest BCUT2D eigenvalue weighted by Gasteiger charge is 2.14. The van der Waals surface area contributed by atoms with Crippen LogP contribution in [0.2, 0.25) is 0 Å². The normalized spacial score (nSPS) is 14.8. The second-order valence-corrected chi connectivity index (χ2v) is 6.14. The first-order chi connectivity index (χ1) is 11.8. The Kier molecular flexibility index (Phi) is 3.86. The number of carbonyl (C=O) groups is 1. The molecule has 0 unspecified atom stereocenters. The fourth-order valence-corrected chi connectivity index (χ4v) is 3.15. The number of carbonyl (C=O) groups excluding carboxylic acids is 1. The molecule has 24 heavy (non-hydrogen) atoms. The van der Waals surface area contributed by atoms with Crippen LogP contribution in [0.15, 0.2) is 48.9 Å². The van der Waals surface area contributed by atoms with Crippen molar-refractivity contribution < 1.29 is 4.79 Å². The second-order valence-electron chi connectivity index (χ2n) is 6.14. The van der Waals surface area contributed by atoms with Crippen LogP contribution in [-0.2, 0) is 0 Å². The molecule has 3 aromatic rings. The Labute approximate surface area is 139 Å². The van der Waals surface area contributed by atoms with Crippen molar-refractivity contribution in [2.75, 3.05) is 10.6 Å². The molecule has 1 aliphatic carbocycles. The van der Waals surface area contributed by atoms with Gasteiger partial charge in [0, 0.05) is 29.2 Å². The summed E-state index contributed by atoms with van der Waals surface area (Å²) in [7, 11) is 0. The average Bonchev–Trinajstić information content (AvgIpc) is 3.25. The van der Waals surface area contributed by atoms with Crippen LogP contribution in [0.25, 0.3) is 5.65 Å². The maximum absolute atomic E-state index is 12.4. The lowest BCUT2D eigenvalue weighted by Gasteiger charge is -2.14. The molecule has 6 nitrogen and oxygen atoms in total. The van der Waals surface area contributed by atoms with Crippen LogP contribution < -0.4 is 10.6 Å². The number of nitrogens with one attached hydrogen (secondary N) is 2. The first-order valence-electron chi connectivity index (χ1n) is 8.25. The second kappa shape index (κ2) is 6.31. The summed E-state index contributed by atoms with van der Waals surface area (Å²) in [6, 6.07) is 11.9. The van der Waals surface area contributed by atoms with Gasteiger partial charge in [-0.15, -0.1) is 0 Å². The smallest absolute Gasteiger partial charge is 0.255 e. The summed E-state index contributed by atoms with van der Waals surface area (Å²) in [4.78, 5) is 16.5. The first-order valence-corrected chi connectivity index (χ1v) is 8.25. The molecule has 0 saturated heterocycles. The molecule has 4 rings (SSSR count). The molecule has 0 spiro atoms. The van der Waals surface area contributed by atoms with Crippen molar-refractivity contribution in [1.29, 1.82) is 0 Å². The minimum atomic E-state index is -0.154. The largest absolute Gasteiger partial charge is 0.382 e. The molecule has 0 aliphatic heterocycles. The number of hydrogen-bond acceptors (Lipinski definition) is 4. The lowest BCUT2D eigenvalue weighted by Crippen LogP contribution is -2.15. The van der Waals surface area contributed by atoms with E-state index < -0.39 is 0 Å². The van der Waals surface area contributed by atoms with Gasteiger partial charge in [-0.1, -0.05) is 18.9 Å². The lowest BCUT2D eigenvalue weighted by molar-refractivity contribution is 0.102. The van der Waals surface area contributed by atoms with Crippen LogP contribution in [0.3, 0.4) is 0 Å². The summed E-state index contributed by atoms with van der Waals surface area (Å²) in [6.07, 6.45) is 8.22. The minimum Gasteiger partial charge on any atom is -0.382 e. The van der Waals surface area contributed by atoms with Crippen molar-refractivity contribution in [3.8, 4) is 0 Å². The summed E-state index contributed by atoms with van der Waals surface area (Å²) < 4.78 is 1.63. The van der Waals surface area contributed by atoms with E-state index in [0.717, 1.165) is 11.4 Å². The Morgan fingerprint density at radius 1 is 1.12 bits per heavy atom. The Morgan fingerprint density at radius 2 is 1.96 bits per heavy atom. The number of anilines is 2. The van der Waals surface area contributed by atoms with E-state index >= 15 is 0 Å². The van der Waals surface area contributed by atoms with Gasteiger partial charge in [0.2, 0.25) is 0 Å². The van der Waals surface area contributed by atoms with Crippen LogP contribution in [0.4, 0.5) is 11.4 Å². The predicted molar refractivity (Wildman–Crippen MR) is 93.3 cm³/mol. The number of aromatic nitrogens is 3. The number of nitrogens with zero attached hydrogens (tertiary/aromatic N) is 3. The van der Waals surface area contributed by atoms with Crippen molar-refractivity contribution in [2.45, 2.75) is 31.7 Å². The zero-order valence-corrected chi connectivity index (χ0v) is 13.3. The van der Waals surface area contributed by atoms with Gasteiger partial charge in [0.05, 0.1) is 0 Å². The number of benzene rings is 1. The van der Waals surface area contributed by atoms with Crippen LogP contribution in [0.5, 0.6) is 0 Å². The Balaban J connectivity index is 1.48. The molecule has 2 N–H and O–H groups in total. The summed E-state index contributed by atoms with van der Waals surface area (Å²) in [6.45, 7) is 0. The molecule has 0 radical (unpaired) electrons. The van der Waals surface area contributed by atoms with Gasteiger partial charge in [-0.2, -0.15) is 5.10 Å². The van der Waals surface area contributed by atoms with Crippen molar-refractivity contribution in [2.24, 2.45) is 0 Å². The minimum absolute atomic E-state index is 0.154. The molecular weight excluding hydrogens is 302 g/mol. The van der Waals surface area contributed by atoms with Gasteiger partial charge in [0.1, 0.15) is 6.33 Å². The maximum Gasteiger partial charge on any atom is 0.255 e. The molecular formula is C18H19N5O. The molecule has 1 aromatic carbocycles. The monoisotopic (exact) mass is 321 g/mol. The molecule has 1 aliphatic rings. The predicted octanol–water partition coefficient (Wildman–Crippen LogP) is 3.34. The molecule has 2 heterocycles. The van der Waals surface area contributed by atoms with E-state index in [1.165, 1.54) is 32.0 Å². The molecule has 0 bridgehead atoms. The van der Waals surface area contributed by atoms with Gasteiger partial charge >= 0.3 is 0 Å². The van der Waals surface area contributed by atoms with Gasteiger partial charge in [0.25, 0.3) is 5.91 Å². The van der Waals surface area contributed by atoms with Crippen LogP contribution >= 0.6 is 0 Å². The van der Waals surface area contributed by atoms with E-state index in [9.17, 15) is 4.79 Å². The van der Waals surface area contributed by atoms with Crippen molar-refractivity contribution in [3.63, 3.8) is 0 Å². The molecule has 1 fully saturated rings. The molecule has 2 aromatic heterocycles. The third kappa shape index (κ3) is 3.08. The molecule has 0 atom stereocenters. The molecule has 122 valence electrons. The number of fused-ring (bicyclic) bond motifs is 1. The van der Waals surface area contributed by atoms with Crippen molar-refractivity contribution in [3.05, 3.63) is 54.5 Å². The molecule has 1 saturated carbocycles. The third-order valence-electron chi connectivity index (χ3n) is 4.39. The first kappa shape index (κ1) is 14.7. The van der Waals surface area contributed by atoms with E-state index in [1.54, 1.807) is 22.8 Å². The summed E-state index contributed by atoms with van der Waals surface area (Å²) in [5.74, 6) is -0.154. The zero-order chi connectivity index (χ0) is 16.4. The van der Waals surface area contributed by atoms with Crippen LogP contribution in [0, 0.1) is 0 Å². The zero-order valence-electron chi connectivity index (χ0n) is 13.3. The number of pyridine rings is 1. The van der Waals surface area contributed by atoms with E-state index in [4.69, 9.17) is 0 Å². The van der Waals surface area contributed by atoms with Gasteiger partial charge in [-0.05, 0) is 43.2 Å². The van der Waals surface area contributed by atoms with Gasteiger partial charge < -0.3 is 10.6 Å². The van der Waals surface area contributed by atoms with Gasteiger partial charge in [0.15, 0.2) is 5.65 Å². The quantitative estimate of drug-likeness (QED) is 0.773. The Hall–Kier alpha value is -2.89. The standard InChI is InChI=1S/C18H19N5O/c24-18(13-8-9-23-17(10-13)19-12-20-23)22-16-7-3-6-15(11-16)21-14-4-1-2-5-14/h3,6-12,14,21H,1-2,4-5H2,(H,22,24). The fraction of sp³-hybridized carbons (Fsp3) is 0.278. The number of amides is 1. The topological polar surface area (TPSA) is 71.3 Å². The Morgan fingerprint density at radius 3 is 2.83 bits per heavy atom. The van der Waals surface area contributed by atoms with E-state index in [-0.39, 0.29) is 5.91 Å². The lowest BCUT2D eigenvalue weighted by atomic mass is 10.2. The number of rotatable bonds is 4. The highest BCUT2D eigenvalue weighted by molar-refractivity contribution is 6.04. The maximum atomic E-state index is 12.4. The van der Waals surface area contributed by atoms with Crippen LogP contribution in [0.1, 0.15) is 36.0 Å². The summed E-state index contributed by atoms with van der Waals surface area (Å²) in [5.41, 5.74) is 3.04. The Bertz CT molecular complexity index is 866. The van der Waals surface area contributed by atoms with Gasteiger partial charge in [-0.3, -0.25) is 4.79 Å². The van der Waals surface area contributed by atoms with Crippen molar-refractivity contribution >= 4 is 22.9 Å². The summed E-state index contributed by atoms with van der Waals surface area (Å²) in [5, 5.41) is 10.5. The van der Waals surface area contributed by atoms with Crippen molar-refractivity contribution in [1.82, 2.24) is 14.6 Å². The van der Waals surface area contributed by atoms with E-state index in [0.29, 0.717) is 17.3 Å². The van der Waals surface area contributed by atoms with Crippen LogP contribution in [-0.4, -0.2) is 26.5 Å².